The number of rotatable bonds is 13. The number of aliphatic hydroxyl groups is 3. The highest BCUT2D eigenvalue weighted by Gasteiger charge is 2.48. The van der Waals surface area contributed by atoms with Crippen LogP contribution in [0.25, 0.3) is 11.1 Å². The van der Waals surface area contributed by atoms with Crippen molar-refractivity contribution in [2.75, 3.05) is 27.2 Å². The molecule has 234 valence electrons. The number of carboxylic acids is 2. The highest BCUT2D eigenvalue weighted by molar-refractivity contribution is 5.99. The molecule has 1 heterocycles. The topological polar surface area (TPSA) is 166 Å². The zero-order chi connectivity index (χ0) is 31.8. The summed E-state index contributed by atoms with van der Waals surface area (Å²) in [7, 11) is 3.93. The van der Waals surface area contributed by atoms with Crippen molar-refractivity contribution in [2.45, 2.75) is 43.5 Å². The molecule has 5 N–H and O–H groups in total. The Hall–Kier alpha value is -4.26. The Kier molecular flexibility index (Phi) is 11.1. The van der Waals surface area contributed by atoms with Crippen molar-refractivity contribution in [1.82, 2.24) is 4.90 Å². The molecule has 1 fully saturated rings. The van der Waals surface area contributed by atoms with Crippen molar-refractivity contribution < 1.29 is 49.3 Å². The van der Waals surface area contributed by atoms with E-state index < -0.39 is 42.6 Å². The minimum Gasteiger partial charge on any atom is -0.492 e. The quantitative estimate of drug-likeness (QED) is 0.181. The molecule has 4 rings (SSSR count). The number of carboxylic acid groups (broad SMARTS) is 2. The second-order valence-electron chi connectivity index (χ2n) is 10.7. The lowest BCUT2D eigenvalue weighted by molar-refractivity contribution is -0.271. The zero-order valence-electron chi connectivity index (χ0n) is 24.4. The number of aliphatic hydroxyl groups excluding tert-OH is 3. The monoisotopic (exact) mass is 607 g/mol. The SMILES string of the molecule is CN(C)CCOc1ccc(/C(=C(/CCC(=O)O)c2ccccc2)c2ccc(O[C@@H]3O[C@H](C(=O)O)[C@@H](O)[C@H](O)[C@H]3O)cc2)cc1. The van der Waals surface area contributed by atoms with Crippen molar-refractivity contribution in [1.29, 1.82) is 0 Å². The third kappa shape index (κ3) is 8.22. The van der Waals surface area contributed by atoms with E-state index in [0.29, 0.717) is 12.4 Å². The van der Waals surface area contributed by atoms with Gasteiger partial charge in [0.1, 0.15) is 36.4 Å². The van der Waals surface area contributed by atoms with Gasteiger partial charge in [0.2, 0.25) is 6.29 Å². The zero-order valence-corrected chi connectivity index (χ0v) is 24.4. The first kappa shape index (κ1) is 32.6. The van der Waals surface area contributed by atoms with E-state index in [4.69, 9.17) is 14.2 Å². The van der Waals surface area contributed by atoms with E-state index >= 15 is 0 Å². The van der Waals surface area contributed by atoms with Crippen LogP contribution in [0, 0.1) is 0 Å². The van der Waals surface area contributed by atoms with Crippen molar-refractivity contribution >= 4 is 23.1 Å². The van der Waals surface area contributed by atoms with Crippen LogP contribution in [0.5, 0.6) is 11.5 Å². The fourth-order valence-electron chi connectivity index (χ4n) is 4.85. The maximum Gasteiger partial charge on any atom is 0.335 e. The van der Waals surface area contributed by atoms with Gasteiger partial charge in [-0.2, -0.15) is 0 Å². The first-order valence-corrected chi connectivity index (χ1v) is 14.1. The lowest BCUT2D eigenvalue weighted by Gasteiger charge is -2.38. The molecule has 0 aliphatic carbocycles. The molecule has 0 bridgehead atoms. The highest BCUT2D eigenvalue weighted by Crippen LogP contribution is 2.37. The van der Waals surface area contributed by atoms with Gasteiger partial charge >= 0.3 is 11.9 Å². The Morgan fingerprint density at radius 1 is 0.750 bits per heavy atom. The molecule has 1 saturated heterocycles. The first-order valence-electron chi connectivity index (χ1n) is 14.1. The average molecular weight is 608 g/mol. The Balaban J connectivity index is 1.70. The summed E-state index contributed by atoms with van der Waals surface area (Å²) in [5.74, 6) is -1.53. The fraction of sp³-hybridized carbons (Fsp3) is 0.333. The number of aliphatic carboxylic acids is 2. The van der Waals surface area contributed by atoms with Gasteiger partial charge in [0.25, 0.3) is 0 Å². The largest absolute Gasteiger partial charge is 0.492 e. The summed E-state index contributed by atoms with van der Waals surface area (Å²) in [6.07, 6.45) is -8.49. The van der Waals surface area contributed by atoms with Gasteiger partial charge in [-0.15, -0.1) is 0 Å². The Bertz CT molecular complexity index is 1420. The second-order valence-corrected chi connectivity index (χ2v) is 10.7. The van der Waals surface area contributed by atoms with Crippen LogP contribution in [0.3, 0.4) is 0 Å². The first-order chi connectivity index (χ1) is 21.0. The van der Waals surface area contributed by atoms with Crippen LogP contribution in [0.1, 0.15) is 29.5 Å². The molecular weight excluding hydrogens is 570 g/mol. The summed E-state index contributed by atoms with van der Waals surface area (Å²) in [5, 5.41) is 49.3. The van der Waals surface area contributed by atoms with Crippen LogP contribution in [-0.2, 0) is 14.3 Å². The van der Waals surface area contributed by atoms with Gasteiger partial charge in [-0.3, -0.25) is 4.79 Å². The average Bonchev–Trinajstić information content (AvgIpc) is 3.00. The molecule has 0 amide bonds. The van der Waals surface area contributed by atoms with Gasteiger partial charge in [0, 0.05) is 13.0 Å². The summed E-state index contributed by atoms with van der Waals surface area (Å²) in [6, 6.07) is 23.8. The number of allylic oxidation sites excluding steroid dienone is 1. The molecule has 5 atom stereocenters. The minimum absolute atomic E-state index is 0.0868. The van der Waals surface area contributed by atoms with Gasteiger partial charge in [-0.1, -0.05) is 54.6 Å². The molecule has 1 aliphatic heterocycles. The summed E-state index contributed by atoms with van der Waals surface area (Å²) in [6.45, 7) is 1.28. The minimum atomic E-state index is -1.83. The van der Waals surface area contributed by atoms with E-state index in [1.807, 2.05) is 73.6 Å². The summed E-state index contributed by atoms with van der Waals surface area (Å²) in [4.78, 5) is 25.1. The maximum atomic E-state index is 11.6. The van der Waals surface area contributed by atoms with Crippen LogP contribution in [0.2, 0.25) is 0 Å². The molecule has 1 aliphatic rings. The fourth-order valence-corrected chi connectivity index (χ4v) is 4.85. The summed E-state index contributed by atoms with van der Waals surface area (Å²) in [5.41, 5.74) is 4.04. The van der Waals surface area contributed by atoms with E-state index in [1.54, 1.807) is 24.3 Å². The molecule has 3 aromatic rings. The third-order valence-corrected chi connectivity index (χ3v) is 7.17. The van der Waals surface area contributed by atoms with Crippen molar-refractivity contribution in [3.05, 3.63) is 95.6 Å². The van der Waals surface area contributed by atoms with E-state index in [2.05, 4.69) is 0 Å². The number of hydrogen-bond donors (Lipinski definition) is 5. The molecule has 11 heteroatoms. The highest BCUT2D eigenvalue weighted by atomic mass is 16.7. The Labute approximate surface area is 255 Å². The van der Waals surface area contributed by atoms with E-state index in [1.165, 1.54) is 0 Å². The molecule has 0 radical (unpaired) electrons. The molecule has 11 nitrogen and oxygen atoms in total. The predicted molar refractivity (Wildman–Crippen MR) is 161 cm³/mol. The molecule has 0 saturated carbocycles. The number of benzene rings is 3. The molecule has 0 aromatic heterocycles. The molecule has 0 spiro atoms. The van der Waals surface area contributed by atoms with Crippen LogP contribution in [0.15, 0.2) is 78.9 Å². The van der Waals surface area contributed by atoms with Gasteiger partial charge in [-0.05, 0) is 72.6 Å². The van der Waals surface area contributed by atoms with E-state index in [9.17, 15) is 35.1 Å². The van der Waals surface area contributed by atoms with Gasteiger partial charge in [0.05, 0.1) is 0 Å². The smallest absolute Gasteiger partial charge is 0.335 e. The number of ether oxygens (including phenoxy) is 3. The van der Waals surface area contributed by atoms with Crippen LogP contribution >= 0.6 is 0 Å². The Morgan fingerprint density at radius 2 is 1.34 bits per heavy atom. The number of hydrogen-bond acceptors (Lipinski definition) is 9. The molecule has 44 heavy (non-hydrogen) atoms. The van der Waals surface area contributed by atoms with Crippen LogP contribution in [0.4, 0.5) is 0 Å². The number of carbonyl (C=O) groups is 2. The predicted octanol–water partition coefficient (Wildman–Crippen LogP) is 2.72. The second kappa shape index (κ2) is 15.0. The molecular formula is C33H37NO10. The number of nitrogens with zero attached hydrogens (tertiary/aromatic N) is 1. The van der Waals surface area contributed by atoms with Crippen LogP contribution < -0.4 is 9.47 Å². The van der Waals surface area contributed by atoms with E-state index in [0.717, 1.165) is 34.4 Å². The summed E-state index contributed by atoms with van der Waals surface area (Å²) >= 11 is 0. The standard InChI is InChI=1S/C33H37NO10/c1-34(2)18-19-42-23-12-8-21(9-13-23)27(25(16-17-26(35)36)20-6-4-3-5-7-20)22-10-14-24(15-11-22)43-33-30(39)28(37)29(38)31(44-33)32(40)41/h3-15,28-31,33,37-39H,16-19H2,1-2H3,(H,35,36)(H,40,41)/b27-25+/t28-,29-,30+,31-,33+/m0/s1. The molecule has 3 aromatic carbocycles. The Morgan fingerprint density at radius 3 is 1.89 bits per heavy atom. The summed E-state index contributed by atoms with van der Waals surface area (Å²) < 4.78 is 16.8. The van der Waals surface area contributed by atoms with Gasteiger partial charge in [-0.25, -0.2) is 4.79 Å². The van der Waals surface area contributed by atoms with Gasteiger partial charge < -0.3 is 44.6 Å². The van der Waals surface area contributed by atoms with Gasteiger partial charge in [0.15, 0.2) is 6.10 Å². The normalized spacial score (nSPS) is 22.3. The maximum absolute atomic E-state index is 11.6. The molecule has 0 unspecified atom stereocenters. The third-order valence-electron chi connectivity index (χ3n) is 7.17. The number of likely N-dealkylation sites (N-methyl/N-ethyl adjacent to an activating group) is 1. The van der Waals surface area contributed by atoms with Crippen molar-refractivity contribution in [2.24, 2.45) is 0 Å². The van der Waals surface area contributed by atoms with Crippen LogP contribution in [-0.4, -0.2) is 100 Å². The lowest BCUT2D eigenvalue weighted by atomic mass is 9.87. The van der Waals surface area contributed by atoms with E-state index in [-0.39, 0.29) is 18.6 Å². The van der Waals surface area contributed by atoms with Crippen molar-refractivity contribution in [3.8, 4) is 11.5 Å². The lowest BCUT2D eigenvalue weighted by Crippen LogP contribution is -2.61. The van der Waals surface area contributed by atoms with Crippen molar-refractivity contribution in [3.63, 3.8) is 0 Å².